The predicted octanol–water partition coefficient (Wildman–Crippen LogP) is 3.96. The molecule has 1 saturated heterocycles. The molecule has 3 heterocycles. The molecule has 1 saturated carbocycles. The summed E-state index contributed by atoms with van der Waals surface area (Å²) in [5.74, 6) is 0.0425. The number of carbonyl (C=O) groups is 2. The molecule has 0 spiro atoms. The third kappa shape index (κ3) is 4.04. The summed E-state index contributed by atoms with van der Waals surface area (Å²) in [6.45, 7) is 5.47. The predicted molar refractivity (Wildman–Crippen MR) is 125 cm³/mol. The van der Waals surface area contributed by atoms with Crippen molar-refractivity contribution in [1.29, 1.82) is 0 Å². The van der Waals surface area contributed by atoms with Gasteiger partial charge in [-0.3, -0.25) is 24.4 Å². The monoisotopic (exact) mass is 432 g/mol. The first-order valence-corrected chi connectivity index (χ1v) is 12.0. The van der Waals surface area contributed by atoms with Crippen LogP contribution in [0.3, 0.4) is 0 Å². The van der Waals surface area contributed by atoms with Crippen LogP contribution in [0.2, 0.25) is 0 Å². The van der Waals surface area contributed by atoms with Crippen molar-refractivity contribution in [2.75, 3.05) is 31.1 Å². The minimum atomic E-state index is -0.357. The Morgan fingerprint density at radius 2 is 1.81 bits per heavy atom. The van der Waals surface area contributed by atoms with Crippen molar-refractivity contribution in [3.8, 4) is 0 Å². The molecule has 3 aliphatic rings. The Labute approximate surface area is 190 Å². The lowest BCUT2D eigenvalue weighted by Crippen LogP contribution is -2.52. The van der Waals surface area contributed by atoms with Crippen LogP contribution in [0.25, 0.3) is 0 Å². The van der Waals surface area contributed by atoms with Gasteiger partial charge in [-0.25, -0.2) is 0 Å². The molecule has 168 valence electrons. The average Bonchev–Trinajstić information content (AvgIpc) is 3.11. The van der Waals surface area contributed by atoms with Crippen LogP contribution in [-0.2, 0) is 4.79 Å². The first-order valence-electron chi connectivity index (χ1n) is 12.0. The van der Waals surface area contributed by atoms with E-state index >= 15 is 0 Å². The van der Waals surface area contributed by atoms with Crippen molar-refractivity contribution < 1.29 is 9.59 Å². The van der Waals surface area contributed by atoms with Crippen molar-refractivity contribution in [1.82, 2.24) is 14.8 Å². The molecule has 1 atom stereocenters. The molecule has 5 rings (SSSR count). The summed E-state index contributed by atoms with van der Waals surface area (Å²) in [6.07, 6.45) is 8.61. The molecule has 1 aliphatic carbocycles. The second-order valence-electron chi connectivity index (χ2n) is 9.38. The highest BCUT2D eigenvalue weighted by atomic mass is 16.2. The molecule has 2 aromatic rings. The molecule has 2 fully saturated rings. The van der Waals surface area contributed by atoms with E-state index in [1.807, 2.05) is 42.2 Å². The number of rotatable bonds is 4. The summed E-state index contributed by atoms with van der Waals surface area (Å²) in [6, 6.07) is 11.9. The maximum atomic E-state index is 13.3. The summed E-state index contributed by atoms with van der Waals surface area (Å²) >= 11 is 0. The van der Waals surface area contributed by atoms with Crippen molar-refractivity contribution in [3.05, 3.63) is 59.4 Å². The van der Waals surface area contributed by atoms with Gasteiger partial charge in [0.05, 0.1) is 23.7 Å². The maximum absolute atomic E-state index is 13.3. The lowest BCUT2D eigenvalue weighted by atomic mass is 9.94. The number of nitrogens with zero attached hydrogens (tertiary/aromatic N) is 4. The summed E-state index contributed by atoms with van der Waals surface area (Å²) < 4.78 is 0. The van der Waals surface area contributed by atoms with Gasteiger partial charge in [0.2, 0.25) is 5.91 Å². The summed E-state index contributed by atoms with van der Waals surface area (Å²) in [7, 11) is 0. The first-order chi connectivity index (χ1) is 15.6. The fourth-order valence-corrected chi connectivity index (χ4v) is 5.60. The average molecular weight is 433 g/mol. The highest BCUT2D eigenvalue weighted by Crippen LogP contribution is 2.39. The third-order valence-electron chi connectivity index (χ3n) is 7.32. The molecule has 0 bridgehead atoms. The molecule has 1 aromatic carbocycles. The number of fused-ring (bicyclic) bond motifs is 1. The number of aromatic nitrogens is 1. The fourth-order valence-electron chi connectivity index (χ4n) is 5.60. The van der Waals surface area contributed by atoms with Gasteiger partial charge >= 0.3 is 0 Å². The van der Waals surface area contributed by atoms with Gasteiger partial charge in [-0.1, -0.05) is 31.4 Å². The van der Waals surface area contributed by atoms with E-state index in [0.717, 1.165) is 37.4 Å². The molecule has 32 heavy (non-hydrogen) atoms. The van der Waals surface area contributed by atoms with E-state index < -0.39 is 0 Å². The van der Waals surface area contributed by atoms with Gasteiger partial charge in [-0.2, -0.15) is 0 Å². The van der Waals surface area contributed by atoms with Gasteiger partial charge in [-0.15, -0.1) is 0 Å². The second kappa shape index (κ2) is 9.02. The minimum Gasteiger partial charge on any atom is -0.340 e. The van der Waals surface area contributed by atoms with Crippen molar-refractivity contribution in [3.63, 3.8) is 0 Å². The Morgan fingerprint density at radius 3 is 2.56 bits per heavy atom. The van der Waals surface area contributed by atoms with Gasteiger partial charge in [0.15, 0.2) is 0 Å². The molecule has 2 aliphatic heterocycles. The topological polar surface area (TPSA) is 56.8 Å². The molecule has 0 N–H and O–H groups in total. The van der Waals surface area contributed by atoms with Crippen molar-refractivity contribution in [2.45, 2.75) is 57.5 Å². The van der Waals surface area contributed by atoms with E-state index in [0.29, 0.717) is 17.3 Å². The number of hydrogen-bond donors (Lipinski definition) is 0. The Balaban J connectivity index is 1.31. The van der Waals surface area contributed by atoms with Crippen molar-refractivity contribution >= 4 is 17.5 Å². The lowest BCUT2D eigenvalue weighted by molar-refractivity contribution is -0.133. The van der Waals surface area contributed by atoms with Gasteiger partial charge in [0, 0.05) is 44.1 Å². The molecule has 2 amide bonds. The molecular weight excluding hydrogens is 400 g/mol. The minimum absolute atomic E-state index is 0.0707. The summed E-state index contributed by atoms with van der Waals surface area (Å²) in [5.41, 5.74) is 3.23. The maximum Gasteiger partial charge on any atom is 0.260 e. The van der Waals surface area contributed by atoms with Crippen LogP contribution in [0.4, 0.5) is 5.69 Å². The normalized spacial score (nSPS) is 22.3. The van der Waals surface area contributed by atoms with Gasteiger partial charge in [0.25, 0.3) is 5.91 Å². The Bertz CT molecular complexity index is 993. The van der Waals surface area contributed by atoms with E-state index in [-0.39, 0.29) is 24.3 Å². The second-order valence-corrected chi connectivity index (χ2v) is 9.38. The van der Waals surface area contributed by atoms with Crippen LogP contribution in [0.5, 0.6) is 0 Å². The third-order valence-corrected chi connectivity index (χ3v) is 7.32. The number of carbonyl (C=O) groups excluding carboxylic acids is 2. The smallest absolute Gasteiger partial charge is 0.260 e. The highest BCUT2D eigenvalue weighted by molar-refractivity contribution is 6.11. The largest absolute Gasteiger partial charge is 0.340 e. The Morgan fingerprint density at radius 1 is 1.03 bits per heavy atom. The SMILES string of the molecule is Cc1cccc(N2C(=O)c3cccnc3C2CC(=O)N2CCN(C3CCCCC3)CC2)c1. The zero-order valence-electron chi connectivity index (χ0n) is 18.9. The lowest BCUT2D eigenvalue weighted by Gasteiger charge is -2.41. The summed E-state index contributed by atoms with van der Waals surface area (Å²) in [4.78, 5) is 37.4. The summed E-state index contributed by atoms with van der Waals surface area (Å²) in [5, 5.41) is 0. The molecule has 1 unspecified atom stereocenters. The Kier molecular flexibility index (Phi) is 5.96. The first kappa shape index (κ1) is 21.1. The zero-order valence-corrected chi connectivity index (χ0v) is 18.9. The van der Waals surface area contributed by atoms with Crippen LogP contribution in [-0.4, -0.2) is 58.8 Å². The number of benzene rings is 1. The number of pyridine rings is 1. The van der Waals surface area contributed by atoms with Gasteiger partial charge in [0.1, 0.15) is 0 Å². The van der Waals surface area contributed by atoms with Crippen LogP contribution in [0, 0.1) is 6.92 Å². The van der Waals surface area contributed by atoms with E-state index in [1.165, 1.54) is 32.1 Å². The van der Waals surface area contributed by atoms with E-state index in [9.17, 15) is 9.59 Å². The van der Waals surface area contributed by atoms with E-state index in [1.54, 1.807) is 17.2 Å². The number of amides is 2. The number of hydrogen-bond acceptors (Lipinski definition) is 4. The number of aryl methyl sites for hydroxylation is 1. The van der Waals surface area contributed by atoms with Crippen LogP contribution < -0.4 is 4.90 Å². The molecule has 1 aromatic heterocycles. The van der Waals surface area contributed by atoms with Crippen LogP contribution >= 0.6 is 0 Å². The van der Waals surface area contributed by atoms with Crippen LogP contribution in [0.15, 0.2) is 42.6 Å². The van der Waals surface area contributed by atoms with Crippen LogP contribution in [0.1, 0.15) is 66.2 Å². The zero-order chi connectivity index (χ0) is 22.1. The number of piperazine rings is 1. The van der Waals surface area contributed by atoms with E-state index in [4.69, 9.17) is 0 Å². The van der Waals surface area contributed by atoms with Gasteiger partial charge < -0.3 is 4.90 Å². The Hall–Kier alpha value is -2.73. The fraction of sp³-hybridized carbons (Fsp3) is 0.500. The van der Waals surface area contributed by atoms with Gasteiger partial charge in [-0.05, 0) is 49.6 Å². The standard InChI is InChI=1S/C26H32N4O2/c1-19-7-5-10-21(17-19)30-23(25-22(26(30)32)11-6-12-27-25)18-24(31)29-15-13-28(14-16-29)20-8-3-2-4-9-20/h5-7,10-12,17,20,23H,2-4,8-9,13-16,18H2,1H3. The van der Waals surface area contributed by atoms with Crippen molar-refractivity contribution in [2.24, 2.45) is 0 Å². The number of anilines is 1. The quantitative estimate of drug-likeness (QED) is 0.734. The van der Waals surface area contributed by atoms with E-state index in [2.05, 4.69) is 9.88 Å². The molecular formula is C26H32N4O2. The molecule has 0 radical (unpaired) electrons. The molecule has 6 nitrogen and oxygen atoms in total. The highest BCUT2D eigenvalue weighted by Gasteiger charge is 2.41. The molecule has 6 heteroatoms.